The fraction of sp³-hybridized carbons (Fsp3) is 1.00. The van der Waals surface area contributed by atoms with Gasteiger partial charge in [0, 0.05) is 0 Å². The summed E-state index contributed by atoms with van der Waals surface area (Å²) in [5.41, 5.74) is 17.2. The minimum atomic E-state index is 0. The number of nitrogens with zero attached hydrogens (tertiary/aromatic N) is 1. The summed E-state index contributed by atoms with van der Waals surface area (Å²) in [5.74, 6) is 0. The van der Waals surface area contributed by atoms with Crippen molar-refractivity contribution in [1.82, 2.24) is 6.15 Å². The predicted molar refractivity (Wildman–Crippen MR) is 32.9 cm³/mol. The lowest BCUT2D eigenvalue weighted by Crippen LogP contribution is -0.987. The van der Waals surface area contributed by atoms with E-state index in [2.05, 4.69) is 0 Å². The first-order valence-corrected chi connectivity index (χ1v) is 1.50. The van der Waals surface area contributed by atoms with E-state index in [4.69, 9.17) is 17.2 Å². The van der Waals surface area contributed by atoms with E-state index in [0.29, 0.717) is 0 Å². The van der Waals surface area contributed by atoms with Gasteiger partial charge in [-0.05, 0) is 0 Å². The van der Waals surface area contributed by atoms with E-state index >= 15 is 0 Å². The Morgan fingerprint density at radius 1 is 0.571 bits per heavy atom. The highest BCUT2D eigenvalue weighted by atomic mass is 14.4. The summed E-state index contributed by atoms with van der Waals surface area (Å²) in [6.07, 6.45) is 0. The average Bonchev–Trinajstić information content (AvgIpc) is 1.81. The van der Waals surface area contributed by atoms with E-state index in [1.54, 1.807) is 0 Å². The first-order chi connectivity index (χ1) is 3.00. The van der Waals surface area contributed by atoms with Gasteiger partial charge in [0.05, 0.1) is 0 Å². The second kappa shape index (κ2) is 701. The molecule has 0 fully saturated rings. The lowest BCUT2D eigenvalue weighted by molar-refractivity contribution is 2.01. The topological polar surface area (TPSA) is 102 Å². The number of rotatable bonds is 0. The summed E-state index contributed by atoms with van der Waals surface area (Å²) in [6, 6.07) is 0. The standard InChI is InChI=1S/3CH4N.N/c3*1-2;/h3*2H,1H3;/q3*-1;+3. The predicted octanol–water partition coefficient (Wildman–Crippen LogP) is 1.52. The summed E-state index contributed by atoms with van der Waals surface area (Å²) >= 11 is 0. The van der Waals surface area contributed by atoms with Gasteiger partial charge in [0.2, 0.25) is 0 Å². The van der Waals surface area contributed by atoms with E-state index < -0.39 is 0 Å². The number of nitrogens with one attached hydrogen (secondary N) is 3. The zero-order valence-electron chi connectivity index (χ0n) is 4.95. The molecule has 44 valence electrons. The number of hydrogen-bond acceptors (Lipinski definition) is 0. The summed E-state index contributed by atoms with van der Waals surface area (Å²) < 4.78 is 0. The zero-order chi connectivity index (χ0) is 6.00. The van der Waals surface area contributed by atoms with Crippen molar-refractivity contribution in [3.8, 4) is 0 Å². The molecule has 0 saturated carbocycles. The smallest absolute Gasteiger partial charge is 0.680 e. The number of hydrogen-bond donors (Lipinski definition) is 0. The van der Waals surface area contributed by atoms with E-state index in [-0.39, 0.29) is 6.15 Å². The molecular weight excluding hydrogens is 92.1 g/mol. The van der Waals surface area contributed by atoms with Gasteiger partial charge in [-0.25, -0.2) is 0 Å². The fourth-order valence-electron chi connectivity index (χ4n) is 0. The molecule has 0 amide bonds. The molecule has 4 nitrogen and oxygen atoms in total. The van der Waals surface area contributed by atoms with Crippen LogP contribution in [0.1, 0.15) is 0 Å². The van der Waals surface area contributed by atoms with Gasteiger partial charge in [0.25, 0.3) is 0 Å². The minimum absolute atomic E-state index is 0. The Labute approximate surface area is 45.6 Å². The fourth-order valence-corrected chi connectivity index (χ4v) is 0. The maximum atomic E-state index is 5.75. The molecule has 0 aromatic carbocycles. The van der Waals surface area contributed by atoms with Crippen LogP contribution in [-0.2, 0) is 0 Å². The minimum Gasteiger partial charge on any atom is -0.680 e. The van der Waals surface area contributed by atoms with E-state index in [1.807, 2.05) is 0 Å². The third kappa shape index (κ3) is 429. The molecule has 0 aliphatic heterocycles. The van der Waals surface area contributed by atoms with Crippen LogP contribution in [0.4, 0.5) is 0 Å². The van der Waals surface area contributed by atoms with Crippen molar-refractivity contribution in [3.63, 3.8) is 0 Å². The Kier molecular flexibility index (Phi) is 3070. The van der Waals surface area contributed by atoms with Gasteiger partial charge in [0.1, 0.15) is 0 Å². The van der Waals surface area contributed by atoms with Crippen molar-refractivity contribution >= 4 is 0 Å². The van der Waals surface area contributed by atoms with Crippen LogP contribution in [0, 0.1) is 0 Å². The highest BCUT2D eigenvalue weighted by molar-refractivity contribution is 4.10. The molecule has 7 heavy (non-hydrogen) atoms. The zero-order valence-corrected chi connectivity index (χ0v) is 4.95. The van der Waals surface area contributed by atoms with Crippen molar-refractivity contribution in [2.45, 2.75) is 0 Å². The summed E-state index contributed by atoms with van der Waals surface area (Å²) in [7, 11) is 3.75. The van der Waals surface area contributed by atoms with Gasteiger partial charge in [-0.3, -0.25) is 0 Å². The van der Waals surface area contributed by atoms with Crippen molar-refractivity contribution in [2.24, 2.45) is 0 Å². The Hall–Kier alpha value is -0.410. The molecule has 2 radical (unpaired) electrons. The molecule has 0 aliphatic carbocycles. The Bertz CT molecular complexity index is 6.90. The lowest BCUT2D eigenvalue weighted by Gasteiger charge is -1.45. The molecule has 0 saturated heterocycles. The first kappa shape index (κ1) is 30.7. The highest BCUT2D eigenvalue weighted by Crippen LogP contribution is 1.08. The molecular formula is C3H12N4. The van der Waals surface area contributed by atoms with E-state index in [0.717, 1.165) is 0 Å². The molecule has 0 unspecified atom stereocenters. The molecule has 0 spiro atoms. The SMILES string of the molecule is C[NH-].C[NH-].C[NH-].[N+3]. The van der Waals surface area contributed by atoms with Gasteiger partial charge >= 0.3 is 6.15 Å². The Morgan fingerprint density at radius 3 is 0.571 bits per heavy atom. The van der Waals surface area contributed by atoms with Crippen molar-refractivity contribution in [2.75, 3.05) is 21.1 Å². The van der Waals surface area contributed by atoms with E-state index in [1.165, 1.54) is 21.1 Å². The monoisotopic (exact) mass is 104 g/mol. The molecule has 0 aliphatic rings. The van der Waals surface area contributed by atoms with E-state index in [9.17, 15) is 0 Å². The van der Waals surface area contributed by atoms with Crippen LogP contribution in [-0.4, -0.2) is 21.1 Å². The van der Waals surface area contributed by atoms with Gasteiger partial charge in [-0.1, -0.05) is 0 Å². The first-order valence-electron chi connectivity index (χ1n) is 1.50. The third-order valence-electron chi connectivity index (χ3n) is 0. The molecule has 0 aromatic rings. The average molecular weight is 104 g/mol. The van der Waals surface area contributed by atoms with Crippen LogP contribution in [0.2, 0.25) is 0 Å². The maximum absolute atomic E-state index is 5.75. The maximum Gasteiger partial charge on any atom is 3.00 e. The van der Waals surface area contributed by atoms with Crippen LogP contribution in [0.3, 0.4) is 0 Å². The highest BCUT2D eigenvalue weighted by Gasteiger charge is 3.00. The lowest BCUT2D eigenvalue weighted by atomic mass is 11.6. The van der Waals surface area contributed by atoms with Crippen molar-refractivity contribution in [3.05, 3.63) is 17.2 Å². The molecule has 0 heterocycles. The third-order valence-corrected chi connectivity index (χ3v) is 0. The van der Waals surface area contributed by atoms with Gasteiger partial charge in [-0.15, -0.1) is 0 Å². The molecule has 4 heteroatoms. The Balaban J connectivity index is -0.00000000900. The van der Waals surface area contributed by atoms with Crippen LogP contribution in [0.25, 0.3) is 17.2 Å². The molecule has 3 N–H and O–H groups in total. The molecule has 0 atom stereocenters. The summed E-state index contributed by atoms with van der Waals surface area (Å²) in [5, 5.41) is 0. The van der Waals surface area contributed by atoms with Crippen LogP contribution in [0.5, 0.6) is 0 Å². The second-order valence-corrected chi connectivity index (χ2v) is 0. The van der Waals surface area contributed by atoms with Gasteiger partial charge in [0.15, 0.2) is 0 Å². The van der Waals surface area contributed by atoms with Gasteiger partial charge < -0.3 is 17.2 Å². The van der Waals surface area contributed by atoms with Crippen molar-refractivity contribution < 1.29 is 0 Å². The van der Waals surface area contributed by atoms with Crippen LogP contribution >= 0.6 is 0 Å². The van der Waals surface area contributed by atoms with Crippen LogP contribution in [0.15, 0.2) is 0 Å². The largest absolute Gasteiger partial charge is 3.00 e. The molecule has 0 bridgehead atoms. The van der Waals surface area contributed by atoms with Crippen LogP contribution < -0.4 is 6.15 Å². The van der Waals surface area contributed by atoms with Crippen molar-refractivity contribution in [1.29, 1.82) is 0 Å². The molecule has 0 rings (SSSR count). The molecule has 0 aromatic heterocycles. The second-order valence-electron chi connectivity index (χ2n) is 0. The summed E-state index contributed by atoms with van der Waals surface area (Å²) in [6.45, 7) is 0. The normalized spacial score (nSPS) is 2.57. The summed E-state index contributed by atoms with van der Waals surface area (Å²) in [4.78, 5) is 0. The Morgan fingerprint density at radius 2 is 0.571 bits per heavy atom. The quantitative estimate of drug-likeness (QED) is 0.444. The van der Waals surface area contributed by atoms with Gasteiger partial charge in [-0.2, -0.15) is 21.1 Å².